The number of anilines is 1. The molecule has 1 aliphatic rings. The summed E-state index contributed by atoms with van der Waals surface area (Å²) < 4.78 is 13.1. The first-order chi connectivity index (χ1) is 12.1. The molecule has 2 amide bonds. The number of hydrogen-bond donors (Lipinski definition) is 1. The van der Waals surface area contributed by atoms with Crippen LogP contribution in [0.5, 0.6) is 0 Å². The lowest BCUT2D eigenvalue weighted by Crippen LogP contribution is -2.44. The van der Waals surface area contributed by atoms with Gasteiger partial charge in [0.2, 0.25) is 11.8 Å². The molecule has 3 rings (SSSR count). The topological polar surface area (TPSA) is 98.3 Å². The Morgan fingerprint density at radius 1 is 1.44 bits per heavy atom. The molecular weight excluding hydrogens is 324 g/mol. The number of amides is 2. The van der Waals surface area contributed by atoms with E-state index < -0.39 is 6.10 Å². The molecule has 1 atom stereocenters. The van der Waals surface area contributed by atoms with Crippen LogP contribution in [0.2, 0.25) is 0 Å². The number of carbonyl (C=O) groups excluding carboxylic acids is 1. The van der Waals surface area contributed by atoms with Crippen molar-refractivity contribution < 1.29 is 13.9 Å². The van der Waals surface area contributed by atoms with Gasteiger partial charge in [-0.3, -0.25) is 5.32 Å². The van der Waals surface area contributed by atoms with E-state index in [-0.39, 0.29) is 11.9 Å². The molecule has 2 aromatic heterocycles. The molecule has 9 heteroatoms. The number of nitrogens with one attached hydrogen (secondary N) is 1. The molecule has 0 radical (unpaired) electrons. The first-order valence-electron chi connectivity index (χ1n) is 8.61. The van der Waals surface area contributed by atoms with Crippen LogP contribution in [0.25, 0.3) is 0 Å². The third kappa shape index (κ3) is 3.98. The minimum Gasteiger partial charge on any atom is -0.422 e. The summed E-state index contributed by atoms with van der Waals surface area (Å²) >= 11 is 0. The monoisotopic (exact) mass is 348 g/mol. The number of rotatable bonds is 5. The largest absolute Gasteiger partial charge is 0.422 e. The first-order valence-corrected chi connectivity index (χ1v) is 8.61. The Balaban J connectivity index is 1.64. The number of aromatic nitrogens is 4. The highest BCUT2D eigenvalue weighted by atomic mass is 16.5. The highest BCUT2D eigenvalue weighted by Gasteiger charge is 2.29. The lowest BCUT2D eigenvalue weighted by Gasteiger charge is -2.31. The van der Waals surface area contributed by atoms with Crippen LogP contribution in [-0.4, -0.2) is 50.6 Å². The van der Waals surface area contributed by atoms with E-state index in [0.29, 0.717) is 37.3 Å². The normalized spacial score (nSPS) is 17.9. The fraction of sp³-hybridized carbons (Fsp3) is 0.625. The van der Waals surface area contributed by atoms with E-state index >= 15 is 0 Å². The van der Waals surface area contributed by atoms with Gasteiger partial charge in [-0.2, -0.15) is 5.10 Å². The second-order valence-electron chi connectivity index (χ2n) is 6.31. The lowest BCUT2D eigenvalue weighted by molar-refractivity contribution is -0.0276. The zero-order valence-electron chi connectivity index (χ0n) is 14.8. The van der Waals surface area contributed by atoms with Gasteiger partial charge in [0.1, 0.15) is 5.82 Å². The van der Waals surface area contributed by atoms with Crippen molar-refractivity contribution in [2.75, 3.05) is 25.0 Å². The smallest absolute Gasteiger partial charge is 0.323 e. The van der Waals surface area contributed by atoms with E-state index in [1.807, 2.05) is 13.8 Å². The summed E-state index contributed by atoms with van der Waals surface area (Å²) in [4.78, 5) is 14.3. The van der Waals surface area contributed by atoms with Gasteiger partial charge in [0.15, 0.2) is 6.10 Å². The van der Waals surface area contributed by atoms with Gasteiger partial charge in [0.25, 0.3) is 0 Å². The average Bonchev–Trinajstić information content (AvgIpc) is 3.25. The molecule has 2 aromatic rings. The summed E-state index contributed by atoms with van der Waals surface area (Å²) in [5.74, 6) is 1.83. The predicted molar refractivity (Wildman–Crippen MR) is 90.2 cm³/mol. The van der Waals surface area contributed by atoms with Crippen LogP contribution in [0.3, 0.4) is 0 Å². The van der Waals surface area contributed by atoms with Crippen molar-refractivity contribution in [2.45, 2.75) is 45.8 Å². The van der Waals surface area contributed by atoms with E-state index in [1.54, 1.807) is 21.8 Å². The van der Waals surface area contributed by atoms with Gasteiger partial charge in [-0.25, -0.2) is 9.48 Å². The molecule has 0 aromatic carbocycles. The fourth-order valence-corrected chi connectivity index (χ4v) is 2.61. The number of hydrogen-bond acceptors (Lipinski definition) is 6. The van der Waals surface area contributed by atoms with Gasteiger partial charge in [-0.05, 0) is 6.42 Å². The van der Waals surface area contributed by atoms with Crippen molar-refractivity contribution in [1.29, 1.82) is 0 Å². The Labute approximate surface area is 146 Å². The molecule has 1 fully saturated rings. The van der Waals surface area contributed by atoms with Crippen molar-refractivity contribution in [3.8, 4) is 0 Å². The van der Waals surface area contributed by atoms with Crippen molar-refractivity contribution in [3.63, 3.8) is 0 Å². The quantitative estimate of drug-likeness (QED) is 0.891. The summed E-state index contributed by atoms with van der Waals surface area (Å²) in [6, 6.07) is 1.60. The molecular formula is C16H24N6O3. The molecule has 25 heavy (non-hydrogen) atoms. The van der Waals surface area contributed by atoms with Crippen molar-refractivity contribution in [2.24, 2.45) is 0 Å². The zero-order valence-corrected chi connectivity index (χ0v) is 14.8. The minimum atomic E-state index is -0.403. The van der Waals surface area contributed by atoms with Crippen LogP contribution in [0.4, 0.5) is 10.6 Å². The molecule has 0 saturated carbocycles. The minimum absolute atomic E-state index is 0.156. The van der Waals surface area contributed by atoms with Gasteiger partial charge in [-0.15, -0.1) is 10.2 Å². The summed E-state index contributed by atoms with van der Waals surface area (Å²) in [7, 11) is 0. The van der Waals surface area contributed by atoms with E-state index in [2.05, 4.69) is 27.5 Å². The van der Waals surface area contributed by atoms with Gasteiger partial charge in [-0.1, -0.05) is 20.8 Å². The lowest BCUT2D eigenvalue weighted by atomic mass is 10.2. The highest BCUT2D eigenvalue weighted by molar-refractivity contribution is 5.88. The van der Waals surface area contributed by atoms with Crippen molar-refractivity contribution in [1.82, 2.24) is 24.9 Å². The molecule has 1 aliphatic heterocycles. The van der Waals surface area contributed by atoms with Crippen LogP contribution in [-0.2, 0) is 11.3 Å². The second kappa shape index (κ2) is 7.64. The number of carbonyl (C=O) groups is 1. The van der Waals surface area contributed by atoms with Crippen molar-refractivity contribution in [3.05, 3.63) is 24.0 Å². The van der Waals surface area contributed by atoms with E-state index in [4.69, 9.17) is 9.15 Å². The maximum Gasteiger partial charge on any atom is 0.323 e. The molecule has 0 unspecified atom stereocenters. The van der Waals surface area contributed by atoms with Gasteiger partial charge in [0, 0.05) is 25.1 Å². The Hall–Kier alpha value is -2.42. The summed E-state index contributed by atoms with van der Waals surface area (Å²) in [5.41, 5.74) is 0. The van der Waals surface area contributed by atoms with Crippen LogP contribution in [0.1, 0.15) is 51.0 Å². The standard InChI is InChI=1S/C16H24N6O3/c1-4-7-22-13(5-6-17-22)18-16(23)21-8-9-24-12(10-21)15-20-19-14(25-15)11(2)3/h5-6,11-12H,4,7-10H2,1-3H3,(H,18,23)/t12-/m1/s1. The summed E-state index contributed by atoms with van der Waals surface area (Å²) in [6.45, 7) is 8.09. The SMILES string of the molecule is CCCn1nccc1NC(=O)N1CCO[C@@H](c2nnc(C(C)C)o2)C1. The Bertz CT molecular complexity index is 710. The van der Waals surface area contributed by atoms with Crippen molar-refractivity contribution >= 4 is 11.8 Å². The van der Waals surface area contributed by atoms with Gasteiger partial charge in [0.05, 0.1) is 19.3 Å². The molecule has 9 nitrogen and oxygen atoms in total. The number of morpholine rings is 1. The fourth-order valence-electron chi connectivity index (χ4n) is 2.61. The molecule has 1 N–H and O–H groups in total. The summed E-state index contributed by atoms with van der Waals surface area (Å²) in [6.07, 6.45) is 2.22. The second-order valence-corrected chi connectivity index (χ2v) is 6.31. The number of urea groups is 1. The summed E-state index contributed by atoms with van der Waals surface area (Å²) in [5, 5.41) is 15.2. The number of aryl methyl sites for hydroxylation is 1. The Morgan fingerprint density at radius 2 is 2.28 bits per heavy atom. The number of ether oxygens (including phenoxy) is 1. The number of nitrogens with zero attached hydrogens (tertiary/aromatic N) is 5. The maximum atomic E-state index is 12.6. The maximum absolute atomic E-state index is 12.6. The van der Waals surface area contributed by atoms with Crippen LogP contribution in [0, 0.1) is 0 Å². The Morgan fingerprint density at radius 3 is 3.00 bits per heavy atom. The highest BCUT2D eigenvalue weighted by Crippen LogP contribution is 2.23. The van der Waals surface area contributed by atoms with Gasteiger partial charge >= 0.3 is 6.03 Å². The molecule has 0 spiro atoms. The van der Waals surface area contributed by atoms with Crippen LogP contribution in [0.15, 0.2) is 16.7 Å². The molecule has 0 bridgehead atoms. The van der Waals surface area contributed by atoms with Crippen LogP contribution < -0.4 is 5.32 Å². The van der Waals surface area contributed by atoms with E-state index in [1.165, 1.54) is 0 Å². The molecule has 1 saturated heterocycles. The zero-order chi connectivity index (χ0) is 17.8. The average molecular weight is 348 g/mol. The third-order valence-electron chi connectivity index (χ3n) is 3.97. The predicted octanol–water partition coefficient (Wildman–Crippen LogP) is 2.40. The van der Waals surface area contributed by atoms with E-state index in [9.17, 15) is 4.79 Å². The van der Waals surface area contributed by atoms with Gasteiger partial charge < -0.3 is 14.1 Å². The molecule has 136 valence electrons. The molecule has 3 heterocycles. The first kappa shape index (κ1) is 17.4. The molecule has 0 aliphatic carbocycles. The van der Waals surface area contributed by atoms with Crippen LogP contribution >= 0.6 is 0 Å². The Kier molecular flexibility index (Phi) is 5.32. The third-order valence-corrected chi connectivity index (χ3v) is 3.97. The van der Waals surface area contributed by atoms with E-state index in [0.717, 1.165) is 13.0 Å².